The van der Waals surface area contributed by atoms with Gasteiger partial charge in [0, 0.05) is 19.3 Å². The first-order chi connectivity index (χ1) is 9.17. The van der Waals surface area contributed by atoms with Crippen molar-refractivity contribution >= 4 is 5.82 Å². The number of aromatic nitrogens is 2. The molecule has 2 aromatic heterocycles. The van der Waals surface area contributed by atoms with Crippen LogP contribution in [0.4, 0.5) is 5.82 Å². The number of nitrogens with zero attached hydrogens (tertiary/aromatic N) is 4. The van der Waals surface area contributed by atoms with Crippen LogP contribution in [-0.4, -0.2) is 35.1 Å². The van der Waals surface area contributed by atoms with Crippen molar-refractivity contribution in [1.82, 2.24) is 14.5 Å². The van der Waals surface area contributed by atoms with Crippen LogP contribution in [0, 0.1) is 17.9 Å². The second-order valence-electron chi connectivity index (χ2n) is 4.17. The monoisotopic (exact) mass is 255 g/mol. The molecule has 0 saturated heterocycles. The van der Waals surface area contributed by atoms with E-state index in [4.69, 9.17) is 11.8 Å². The molecule has 0 saturated carbocycles. The average Bonchev–Trinajstić information content (AvgIpc) is 3.07. The molecule has 98 valence electrons. The molecular weight excluding hydrogens is 238 g/mol. The second kappa shape index (κ2) is 7.75. The van der Waals surface area contributed by atoms with E-state index in [0.29, 0.717) is 5.82 Å². The van der Waals surface area contributed by atoms with E-state index in [1.54, 1.807) is 18.3 Å². The normalized spacial score (nSPS) is 9.32. The fourth-order valence-electron chi connectivity index (χ4n) is 1.41. The number of hydrogen-bond acceptors (Lipinski definition) is 2. The van der Waals surface area contributed by atoms with E-state index in [0.717, 1.165) is 18.8 Å². The van der Waals surface area contributed by atoms with E-state index < -0.39 is 0 Å². The highest BCUT2D eigenvalue weighted by molar-refractivity contribution is 5.34. The molecule has 1 N–H and O–H groups in total. The summed E-state index contributed by atoms with van der Waals surface area (Å²) in [6.45, 7) is 8.29. The second-order valence-corrected chi connectivity index (χ2v) is 4.17. The highest BCUT2D eigenvalue weighted by Crippen LogP contribution is 2.03. The molecule has 0 unspecified atom stereocenters. The van der Waals surface area contributed by atoms with Crippen molar-refractivity contribution in [3.8, 4) is 6.07 Å². The largest absolute Gasteiger partial charge is 0.364 e. The summed E-state index contributed by atoms with van der Waals surface area (Å²) in [4.78, 5) is 7.96. The van der Waals surface area contributed by atoms with Crippen LogP contribution >= 0.6 is 0 Å². The Balaban J connectivity index is 0.000000218. The van der Waals surface area contributed by atoms with Gasteiger partial charge in [-0.15, -0.1) is 0 Å². The molecule has 2 aromatic rings. The van der Waals surface area contributed by atoms with Crippen molar-refractivity contribution in [3.05, 3.63) is 53.8 Å². The van der Waals surface area contributed by atoms with Gasteiger partial charge < -0.3 is 19.3 Å². The molecule has 5 heteroatoms. The number of nitrogens with one attached hydrogen (secondary N) is 1. The minimum absolute atomic E-state index is 0.597. The molecule has 19 heavy (non-hydrogen) atoms. The molecule has 0 fully saturated rings. The quantitative estimate of drug-likeness (QED) is 0.857. The Morgan fingerprint density at radius 3 is 2.68 bits per heavy atom. The average molecular weight is 255 g/mol. The van der Waals surface area contributed by atoms with E-state index in [1.165, 1.54) is 0 Å². The smallest absolute Gasteiger partial charge is 0.228 e. The fraction of sp³-hybridized carbons (Fsp3) is 0.286. The van der Waals surface area contributed by atoms with Crippen LogP contribution in [0.5, 0.6) is 0 Å². The first kappa shape index (κ1) is 14.6. The van der Waals surface area contributed by atoms with E-state index >= 15 is 0 Å². The summed E-state index contributed by atoms with van der Waals surface area (Å²) in [6.07, 6.45) is 3.66. The van der Waals surface area contributed by atoms with Crippen LogP contribution in [0.2, 0.25) is 0 Å². The van der Waals surface area contributed by atoms with Crippen molar-refractivity contribution in [1.29, 1.82) is 5.26 Å². The number of H-pyrrole nitrogens is 1. The fourth-order valence-corrected chi connectivity index (χ4v) is 1.41. The number of likely N-dealkylation sites (N-methyl/N-ethyl adjacent to an activating group) is 1. The third-order valence-electron chi connectivity index (χ3n) is 2.43. The van der Waals surface area contributed by atoms with Crippen molar-refractivity contribution in [2.75, 3.05) is 20.6 Å². The first-order valence-electron chi connectivity index (χ1n) is 5.88. The molecule has 0 amide bonds. The Morgan fingerprint density at radius 2 is 2.21 bits per heavy atom. The van der Waals surface area contributed by atoms with Crippen LogP contribution in [-0.2, 0) is 6.54 Å². The van der Waals surface area contributed by atoms with Gasteiger partial charge >= 0.3 is 0 Å². The van der Waals surface area contributed by atoms with Crippen LogP contribution in [0.3, 0.4) is 0 Å². The van der Waals surface area contributed by atoms with E-state index in [2.05, 4.69) is 20.8 Å². The lowest BCUT2D eigenvalue weighted by atomic mass is 10.4. The molecule has 0 atom stereocenters. The maximum Gasteiger partial charge on any atom is 0.228 e. The third-order valence-corrected chi connectivity index (χ3v) is 2.43. The van der Waals surface area contributed by atoms with Gasteiger partial charge in [0.2, 0.25) is 5.82 Å². The zero-order valence-corrected chi connectivity index (χ0v) is 11.2. The lowest BCUT2D eigenvalue weighted by Gasteiger charge is -2.10. The van der Waals surface area contributed by atoms with Crippen molar-refractivity contribution in [2.24, 2.45) is 0 Å². The molecule has 2 rings (SSSR count). The standard InChI is InChI=1S/C9H13N3.C5H4N2/c1-11(2)6-7-12-5-3-4-9(12)8-10;1-6-5-3-2-4-7-5/h3-5H,6-7H2,1-2H3;2-4,7H. The van der Waals surface area contributed by atoms with Gasteiger partial charge in [0.15, 0.2) is 0 Å². The Kier molecular flexibility index (Phi) is 5.94. The van der Waals surface area contributed by atoms with Crippen LogP contribution in [0.25, 0.3) is 4.85 Å². The van der Waals surface area contributed by atoms with Crippen LogP contribution in [0.1, 0.15) is 5.69 Å². The Bertz CT molecular complexity index is 551. The molecule has 2 heterocycles. The molecule has 0 aliphatic carbocycles. The van der Waals surface area contributed by atoms with E-state index in [1.807, 2.05) is 37.0 Å². The van der Waals surface area contributed by atoms with Crippen LogP contribution in [0.15, 0.2) is 36.7 Å². The summed E-state index contributed by atoms with van der Waals surface area (Å²) >= 11 is 0. The minimum atomic E-state index is 0.597. The van der Waals surface area contributed by atoms with Gasteiger partial charge in [0.05, 0.1) is 6.20 Å². The van der Waals surface area contributed by atoms with Gasteiger partial charge in [0.1, 0.15) is 11.8 Å². The van der Waals surface area contributed by atoms with Gasteiger partial charge in [-0.25, -0.2) is 0 Å². The first-order valence-corrected chi connectivity index (χ1v) is 5.88. The summed E-state index contributed by atoms with van der Waals surface area (Å²) in [6, 6.07) is 9.40. The number of rotatable bonds is 3. The molecular formula is C14H17N5. The van der Waals surface area contributed by atoms with Gasteiger partial charge in [-0.05, 0) is 38.4 Å². The number of hydrogen-bond donors (Lipinski definition) is 1. The minimum Gasteiger partial charge on any atom is -0.364 e. The van der Waals surface area contributed by atoms with Crippen molar-refractivity contribution in [2.45, 2.75) is 6.54 Å². The Morgan fingerprint density at radius 1 is 1.42 bits per heavy atom. The summed E-state index contributed by atoms with van der Waals surface area (Å²) in [5.41, 5.74) is 0.733. The predicted molar refractivity (Wildman–Crippen MR) is 74.8 cm³/mol. The SMILES string of the molecule is CN(C)CCn1cccc1C#N.[C-]#[N+]c1ccc[nH]1. The summed E-state index contributed by atoms with van der Waals surface area (Å²) in [5.74, 6) is 0.597. The molecule has 0 aliphatic rings. The van der Waals surface area contributed by atoms with Gasteiger partial charge in [-0.2, -0.15) is 5.26 Å². The zero-order valence-electron chi connectivity index (χ0n) is 11.2. The highest BCUT2D eigenvalue weighted by atomic mass is 15.1. The molecule has 5 nitrogen and oxygen atoms in total. The molecule has 0 aromatic carbocycles. The topological polar surface area (TPSA) is 52.1 Å². The lowest BCUT2D eigenvalue weighted by molar-refractivity contribution is 0.383. The highest BCUT2D eigenvalue weighted by Gasteiger charge is 1.98. The third kappa shape index (κ3) is 5.12. The van der Waals surface area contributed by atoms with E-state index in [9.17, 15) is 0 Å². The molecule has 0 radical (unpaired) electrons. The van der Waals surface area contributed by atoms with Crippen molar-refractivity contribution in [3.63, 3.8) is 0 Å². The Hall–Kier alpha value is -2.50. The summed E-state index contributed by atoms with van der Waals surface area (Å²) in [7, 11) is 4.05. The maximum atomic E-state index is 8.69. The molecule has 0 spiro atoms. The summed E-state index contributed by atoms with van der Waals surface area (Å²) in [5, 5.41) is 8.69. The summed E-state index contributed by atoms with van der Waals surface area (Å²) < 4.78 is 1.96. The molecule has 0 bridgehead atoms. The lowest BCUT2D eigenvalue weighted by Crippen LogP contribution is -2.18. The van der Waals surface area contributed by atoms with Gasteiger partial charge in [-0.1, -0.05) is 6.57 Å². The van der Waals surface area contributed by atoms with E-state index in [-0.39, 0.29) is 0 Å². The number of nitriles is 1. The van der Waals surface area contributed by atoms with Crippen molar-refractivity contribution < 1.29 is 0 Å². The van der Waals surface area contributed by atoms with Crippen LogP contribution < -0.4 is 0 Å². The zero-order chi connectivity index (χ0) is 14.1. The van der Waals surface area contributed by atoms with Gasteiger partial charge in [-0.3, -0.25) is 0 Å². The molecule has 0 aliphatic heterocycles. The maximum absolute atomic E-state index is 8.69. The Labute approximate surface area is 113 Å². The number of aromatic amines is 1. The predicted octanol–water partition coefficient (Wildman–Crippen LogP) is 2.49. The van der Waals surface area contributed by atoms with Gasteiger partial charge in [0.25, 0.3) is 0 Å².